The molecule has 3 rings (SSSR count). The van der Waals surface area contributed by atoms with Crippen LogP contribution in [0.1, 0.15) is 0 Å². The van der Waals surface area contributed by atoms with E-state index in [4.69, 9.17) is 23.2 Å². The summed E-state index contributed by atoms with van der Waals surface area (Å²) in [5.74, 6) is 0. The predicted octanol–water partition coefficient (Wildman–Crippen LogP) is 2.58. The quantitative estimate of drug-likeness (QED) is 0.605. The second-order valence-electron chi connectivity index (χ2n) is 3.08. The van der Waals surface area contributed by atoms with Gasteiger partial charge in [0.25, 0.3) is 0 Å². The van der Waals surface area contributed by atoms with Gasteiger partial charge in [-0.25, -0.2) is 0 Å². The van der Waals surface area contributed by atoms with Crippen molar-refractivity contribution < 1.29 is 0 Å². The minimum absolute atomic E-state index is 0.576. The third kappa shape index (κ3) is 1.19. The molecule has 74 valence electrons. The molecule has 0 aliphatic heterocycles. The molecule has 0 unspecified atom stereocenters. The van der Waals surface area contributed by atoms with E-state index in [1.807, 2.05) is 12.1 Å². The number of hydrogen-bond acceptors (Lipinski definition) is 3. The first-order valence-corrected chi connectivity index (χ1v) is 4.98. The van der Waals surface area contributed by atoms with Crippen LogP contribution < -0.4 is 0 Å². The van der Waals surface area contributed by atoms with Crippen LogP contribution in [0.15, 0.2) is 24.3 Å². The molecule has 2 aromatic heterocycles. The van der Waals surface area contributed by atoms with Crippen LogP contribution in [0.25, 0.3) is 16.6 Å². The molecule has 0 N–H and O–H groups in total. The van der Waals surface area contributed by atoms with Gasteiger partial charge in [-0.15, -0.1) is 5.10 Å². The highest BCUT2D eigenvalue weighted by Crippen LogP contribution is 2.29. The third-order valence-electron chi connectivity index (χ3n) is 2.21. The molecule has 0 fully saturated rings. The summed E-state index contributed by atoms with van der Waals surface area (Å²) in [6, 6.07) is 7.21. The maximum atomic E-state index is 6.10. The Labute approximate surface area is 94.4 Å². The largest absolute Gasteiger partial charge is 0.191 e. The molecule has 4 nitrogen and oxygen atoms in total. The van der Waals surface area contributed by atoms with Crippen molar-refractivity contribution in [3.8, 4) is 0 Å². The lowest BCUT2D eigenvalue weighted by Crippen LogP contribution is -1.92. The predicted molar refractivity (Wildman–Crippen MR) is 58.3 cm³/mol. The van der Waals surface area contributed by atoms with Gasteiger partial charge in [-0.3, -0.25) is 0 Å². The summed E-state index contributed by atoms with van der Waals surface area (Å²) in [6.07, 6.45) is 0. The average molecular weight is 239 g/mol. The Bertz CT molecular complexity index is 662. The van der Waals surface area contributed by atoms with Gasteiger partial charge in [0.2, 0.25) is 0 Å². The van der Waals surface area contributed by atoms with Crippen LogP contribution in [-0.2, 0) is 0 Å². The smallest absolute Gasteiger partial charge is 0.181 e. The number of nitrogens with zero attached hydrogens (tertiary/aromatic N) is 4. The number of pyridine rings is 1. The van der Waals surface area contributed by atoms with Crippen molar-refractivity contribution in [3.63, 3.8) is 0 Å². The minimum atomic E-state index is 0.576. The molecule has 0 spiro atoms. The number of benzene rings is 1. The van der Waals surface area contributed by atoms with E-state index in [1.54, 1.807) is 16.6 Å². The lowest BCUT2D eigenvalue weighted by atomic mass is 10.2. The molecule has 0 aliphatic carbocycles. The highest BCUT2D eigenvalue weighted by molar-refractivity contribution is 6.39. The van der Waals surface area contributed by atoms with Crippen LogP contribution in [0, 0.1) is 0 Å². The van der Waals surface area contributed by atoms with Gasteiger partial charge in [-0.2, -0.15) is 4.52 Å². The van der Waals surface area contributed by atoms with Crippen molar-refractivity contribution in [2.24, 2.45) is 0 Å². The van der Waals surface area contributed by atoms with E-state index in [0.717, 1.165) is 10.9 Å². The first-order chi connectivity index (χ1) is 7.27. The number of rotatable bonds is 0. The first kappa shape index (κ1) is 8.88. The minimum Gasteiger partial charge on any atom is -0.191 e. The number of halogens is 2. The number of hydrogen-bond donors (Lipinski definition) is 0. The molecule has 2 heterocycles. The topological polar surface area (TPSA) is 43.1 Å². The van der Waals surface area contributed by atoms with Gasteiger partial charge in [0.15, 0.2) is 5.65 Å². The fourth-order valence-electron chi connectivity index (χ4n) is 1.56. The number of para-hydroxylation sites is 1. The zero-order valence-electron chi connectivity index (χ0n) is 7.35. The summed E-state index contributed by atoms with van der Waals surface area (Å²) in [5.41, 5.74) is 1.31. The highest BCUT2D eigenvalue weighted by atomic mass is 35.5. The molecule has 0 saturated carbocycles. The fourth-order valence-corrected chi connectivity index (χ4v) is 2.06. The van der Waals surface area contributed by atoms with E-state index in [-0.39, 0.29) is 0 Å². The maximum absolute atomic E-state index is 6.10. The standard InChI is InChI=1S/C9H4Cl2N4/c10-6-3-1-2-5-7(11)4-8-12-13-14-15(8)9(5)6/h1-4H. The Kier molecular flexibility index (Phi) is 1.81. The molecule has 15 heavy (non-hydrogen) atoms. The molecule has 3 aromatic rings. The summed E-state index contributed by atoms with van der Waals surface area (Å²) in [7, 11) is 0. The van der Waals surface area contributed by atoms with Gasteiger partial charge in [0, 0.05) is 11.5 Å². The van der Waals surface area contributed by atoms with Gasteiger partial charge in [-0.1, -0.05) is 35.3 Å². The molecule has 1 aromatic carbocycles. The molecule has 0 bridgehead atoms. The normalized spacial score (nSPS) is 11.3. The Morgan fingerprint density at radius 2 is 2.00 bits per heavy atom. The molecular weight excluding hydrogens is 235 g/mol. The lowest BCUT2D eigenvalue weighted by Gasteiger charge is -2.03. The van der Waals surface area contributed by atoms with Gasteiger partial charge < -0.3 is 0 Å². The second kappa shape index (κ2) is 3.05. The van der Waals surface area contributed by atoms with Crippen LogP contribution in [0.2, 0.25) is 10.0 Å². The molecule has 0 amide bonds. The zero-order valence-corrected chi connectivity index (χ0v) is 8.87. The van der Waals surface area contributed by atoms with E-state index in [9.17, 15) is 0 Å². The van der Waals surface area contributed by atoms with Crippen molar-refractivity contribution in [1.82, 2.24) is 20.0 Å². The Balaban J connectivity index is 2.69. The summed E-state index contributed by atoms with van der Waals surface area (Å²) >= 11 is 12.2. The Morgan fingerprint density at radius 1 is 1.13 bits per heavy atom. The van der Waals surface area contributed by atoms with Crippen LogP contribution in [0.4, 0.5) is 0 Å². The van der Waals surface area contributed by atoms with E-state index >= 15 is 0 Å². The summed E-state index contributed by atoms with van der Waals surface area (Å²) in [4.78, 5) is 0. The van der Waals surface area contributed by atoms with Crippen molar-refractivity contribution in [1.29, 1.82) is 0 Å². The van der Waals surface area contributed by atoms with E-state index in [1.165, 1.54) is 0 Å². The summed E-state index contributed by atoms with van der Waals surface area (Å²) in [6.45, 7) is 0. The highest BCUT2D eigenvalue weighted by Gasteiger charge is 2.09. The SMILES string of the molecule is Clc1cc2nnnn2c2c(Cl)cccc12. The van der Waals surface area contributed by atoms with Crippen LogP contribution in [0.5, 0.6) is 0 Å². The van der Waals surface area contributed by atoms with Crippen LogP contribution >= 0.6 is 23.2 Å². The number of tetrazole rings is 1. The van der Waals surface area contributed by atoms with Crippen molar-refractivity contribution in [3.05, 3.63) is 34.3 Å². The van der Waals surface area contributed by atoms with Crippen molar-refractivity contribution >= 4 is 39.8 Å². The molecule has 0 saturated heterocycles. The molecule has 6 heteroatoms. The van der Waals surface area contributed by atoms with E-state index in [2.05, 4.69) is 15.5 Å². The number of aromatic nitrogens is 4. The first-order valence-electron chi connectivity index (χ1n) is 4.22. The third-order valence-corrected chi connectivity index (χ3v) is 2.82. The lowest BCUT2D eigenvalue weighted by molar-refractivity contribution is 0.842. The van der Waals surface area contributed by atoms with Crippen LogP contribution in [-0.4, -0.2) is 20.0 Å². The number of fused-ring (bicyclic) bond motifs is 3. The van der Waals surface area contributed by atoms with Gasteiger partial charge in [-0.05, 0) is 16.5 Å². The summed E-state index contributed by atoms with van der Waals surface area (Å²) < 4.78 is 1.57. The van der Waals surface area contributed by atoms with Gasteiger partial charge in [0.1, 0.15) is 0 Å². The molecule has 0 radical (unpaired) electrons. The maximum Gasteiger partial charge on any atom is 0.181 e. The Hall–Kier alpha value is -1.39. The van der Waals surface area contributed by atoms with Crippen molar-refractivity contribution in [2.45, 2.75) is 0 Å². The second-order valence-corrected chi connectivity index (χ2v) is 3.89. The van der Waals surface area contributed by atoms with Gasteiger partial charge >= 0.3 is 0 Å². The van der Waals surface area contributed by atoms with E-state index < -0.39 is 0 Å². The Morgan fingerprint density at radius 3 is 2.87 bits per heavy atom. The van der Waals surface area contributed by atoms with E-state index in [0.29, 0.717) is 15.7 Å². The van der Waals surface area contributed by atoms with Gasteiger partial charge in [0.05, 0.1) is 15.6 Å². The molecular formula is C9H4Cl2N4. The fraction of sp³-hybridized carbons (Fsp3) is 0. The average Bonchev–Trinajstić information content (AvgIpc) is 2.66. The molecule has 0 aliphatic rings. The zero-order chi connectivity index (χ0) is 10.4. The molecule has 0 atom stereocenters. The van der Waals surface area contributed by atoms with Crippen molar-refractivity contribution in [2.75, 3.05) is 0 Å². The monoisotopic (exact) mass is 238 g/mol. The van der Waals surface area contributed by atoms with Crippen LogP contribution in [0.3, 0.4) is 0 Å². The summed E-state index contributed by atoms with van der Waals surface area (Å²) in [5, 5.41) is 13.3.